The van der Waals surface area contributed by atoms with E-state index in [1.807, 2.05) is 13.0 Å². The van der Waals surface area contributed by atoms with Gasteiger partial charge in [0.1, 0.15) is 10.6 Å². The molecule has 1 aromatic carbocycles. The number of aryl methyl sites for hydroxylation is 1. The zero-order chi connectivity index (χ0) is 20.3. The third-order valence-corrected chi connectivity index (χ3v) is 7.39. The molecule has 0 N–H and O–H groups in total. The van der Waals surface area contributed by atoms with Crippen molar-refractivity contribution in [2.45, 2.75) is 24.7 Å². The van der Waals surface area contributed by atoms with Crippen LogP contribution >= 0.6 is 11.3 Å². The van der Waals surface area contributed by atoms with Crippen LogP contribution in [0.5, 0.6) is 5.75 Å². The van der Waals surface area contributed by atoms with Gasteiger partial charge in [-0.3, -0.25) is 4.79 Å². The van der Waals surface area contributed by atoms with Crippen molar-refractivity contribution in [1.82, 2.24) is 4.31 Å². The molecule has 0 amide bonds. The van der Waals surface area contributed by atoms with E-state index >= 15 is 0 Å². The van der Waals surface area contributed by atoms with Crippen LogP contribution in [-0.2, 0) is 14.8 Å². The fraction of sp³-hybridized carbons (Fsp3) is 0.368. The Morgan fingerprint density at radius 3 is 2.46 bits per heavy atom. The summed E-state index contributed by atoms with van der Waals surface area (Å²) in [6, 6.07) is 7.59. The van der Waals surface area contributed by atoms with E-state index in [1.165, 1.54) is 41.0 Å². The summed E-state index contributed by atoms with van der Waals surface area (Å²) in [4.78, 5) is 25.9. The number of sulfonamides is 1. The molecule has 7 nitrogen and oxygen atoms in total. The summed E-state index contributed by atoms with van der Waals surface area (Å²) >= 11 is 1.33. The van der Waals surface area contributed by atoms with Crippen molar-refractivity contribution >= 4 is 33.1 Å². The number of carbonyl (C=O) groups excluding carboxylic acids is 2. The molecule has 1 fully saturated rings. The molecule has 0 radical (unpaired) electrons. The van der Waals surface area contributed by atoms with E-state index in [0.717, 1.165) is 17.7 Å². The first-order valence-electron chi connectivity index (χ1n) is 8.78. The Morgan fingerprint density at radius 2 is 1.86 bits per heavy atom. The van der Waals surface area contributed by atoms with Crippen molar-refractivity contribution in [2.75, 3.05) is 26.8 Å². The Hall–Kier alpha value is -2.23. The average Bonchev–Trinajstić information content (AvgIpc) is 3.37. The lowest BCUT2D eigenvalue weighted by Gasteiger charge is -2.18. The maximum atomic E-state index is 12.9. The van der Waals surface area contributed by atoms with Crippen LogP contribution in [0.3, 0.4) is 0 Å². The molecule has 1 aromatic heterocycles. The Labute approximate surface area is 167 Å². The van der Waals surface area contributed by atoms with Crippen molar-refractivity contribution in [2.24, 2.45) is 0 Å². The van der Waals surface area contributed by atoms with E-state index in [2.05, 4.69) is 0 Å². The van der Waals surface area contributed by atoms with Gasteiger partial charge in [0, 0.05) is 18.0 Å². The van der Waals surface area contributed by atoms with E-state index in [1.54, 1.807) is 6.07 Å². The van der Waals surface area contributed by atoms with Gasteiger partial charge in [0.25, 0.3) is 0 Å². The number of nitrogens with zero attached hydrogens (tertiary/aromatic N) is 1. The molecule has 0 aliphatic carbocycles. The molecule has 150 valence electrons. The molecule has 1 saturated heterocycles. The third kappa shape index (κ3) is 4.26. The van der Waals surface area contributed by atoms with Gasteiger partial charge >= 0.3 is 5.97 Å². The Kier molecular flexibility index (Phi) is 6.17. The molecule has 0 saturated carbocycles. The van der Waals surface area contributed by atoms with Gasteiger partial charge in [-0.1, -0.05) is 0 Å². The minimum atomic E-state index is -3.77. The molecular weight excluding hydrogens is 402 g/mol. The van der Waals surface area contributed by atoms with Crippen LogP contribution in [0, 0.1) is 6.92 Å². The quantitative estimate of drug-likeness (QED) is 0.502. The molecule has 0 bridgehead atoms. The van der Waals surface area contributed by atoms with Gasteiger partial charge in [0.15, 0.2) is 6.61 Å². The van der Waals surface area contributed by atoms with Gasteiger partial charge in [-0.05, 0) is 50.1 Å². The van der Waals surface area contributed by atoms with Crippen LogP contribution in [0.1, 0.15) is 37.7 Å². The van der Waals surface area contributed by atoms with E-state index in [0.29, 0.717) is 18.0 Å². The SMILES string of the molecule is COc1ccc(C(=O)OCC(=O)c2ccc(C)s2)cc1S(=O)(=O)N1CCCC1. The fourth-order valence-electron chi connectivity index (χ4n) is 2.94. The van der Waals surface area contributed by atoms with Gasteiger partial charge in [-0.15, -0.1) is 11.3 Å². The normalized spacial score (nSPS) is 14.8. The summed E-state index contributed by atoms with van der Waals surface area (Å²) in [5.41, 5.74) is 0.0498. The number of rotatable bonds is 7. The Morgan fingerprint density at radius 1 is 1.14 bits per heavy atom. The highest BCUT2D eigenvalue weighted by atomic mass is 32.2. The zero-order valence-electron chi connectivity index (χ0n) is 15.6. The summed E-state index contributed by atoms with van der Waals surface area (Å²) in [5, 5.41) is 0. The van der Waals surface area contributed by atoms with Gasteiger partial charge in [-0.2, -0.15) is 4.31 Å². The molecule has 0 unspecified atom stereocenters. The number of ether oxygens (including phenoxy) is 2. The lowest BCUT2D eigenvalue weighted by atomic mass is 10.2. The summed E-state index contributed by atoms with van der Waals surface area (Å²) in [6.45, 7) is 2.36. The second kappa shape index (κ2) is 8.42. The lowest BCUT2D eigenvalue weighted by molar-refractivity contribution is 0.0475. The van der Waals surface area contributed by atoms with Crippen LogP contribution in [0.25, 0.3) is 0 Å². The number of carbonyl (C=O) groups is 2. The number of thiophene rings is 1. The monoisotopic (exact) mass is 423 g/mol. The number of benzene rings is 1. The van der Waals surface area contributed by atoms with E-state index < -0.39 is 22.6 Å². The summed E-state index contributed by atoms with van der Waals surface area (Å²) in [7, 11) is -2.40. The van der Waals surface area contributed by atoms with Crippen molar-refractivity contribution in [3.8, 4) is 5.75 Å². The van der Waals surface area contributed by atoms with Crippen molar-refractivity contribution in [3.05, 3.63) is 45.6 Å². The maximum absolute atomic E-state index is 12.9. The fourth-order valence-corrected chi connectivity index (χ4v) is 5.43. The molecular formula is C19H21NO6S2. The van der Waals surface area contributed by atoms with E-state index in [4.69, 9.17) is 9.47 Å². The molecule has 0 spiro atoms. The lowest BCUT2D eigenvalue weighted by Crippen LogP contribution is -2.28. The molecule has 2 heterocycles. The maximum Gasteiger partial charge on any atom is 0.338 e. The van der Waals surface area contributed by atoms with Gasteiger partial charge in [0.2, 0.25) is 15.8 Å². The predicted molar refractivity (Wildman–Crippen MR) is 105 cm³/mol. The Balaban J connectivity index is 1.78. The van der Waals surface area contributed by atoms with Gasteiger partial charge in [0.05, 0.1) is 17.6 Å². The zero-order valence-corrected chi connectivity index (χ0v) is 17.3. The second-order valence-corrected chi connectivity index (χ2v) is 9.58. The second-order valence-electron chi connectivity index (χ2n) is 6.39. The minimum Gasteiger partial charge on any atom is -0.495 e. The molecule has 2 aromatic rings. The highest BCUT2D eigenvalue weighted by molar-refractivity contribution is 7.89. The minimum absolute atomic E-state index is 0.0498. The van der Waals surface area contributed by atoms with Crippen LogP contribution < -0.4 is 4.74 Å². The third-order valence-electron chi connectivity index (χ3n) is 4.43. The Bertz CT molecular complexity index is 990. The smallest absolute Gasteiger partial charge is 0.338 e. The number of methoxy groups -OCH3 is 1. The first-order chi connectivity index (χ1) is 13.3. The van der Waals surface area contributed by atoms with Crippen LogP contribution in [0.4, 0.5) is 0 Å². The number of hydrogen-bond acceptors (Lipinski definition) is 7. The van der Waals surface area contributed by atoms with Crippen LogP contribution in [-0.4, -0.2) is 51.3 Å². The topological polar surface area (TPSA) is 90.0 Å². The molecule has 28 heavy (non-hydrogen) atoms. The number of esters is 1. The molecule has 1 aliphatic heterocycles. The van der Waals surface area contributed by atoms with Crippen LogP contribution in [0.2, 0.25) is 0 Å². The summed E-state index contributed by atoms with van der Waals surface area (Å²) in [6.07, 6.45) is 1.60. The predicted octanol–water partition coefficient (Wildman–Crippen LogP) is 2.89. The van der Waals surface area contributed by atoms with E-state index in [9.17, 15) is 18.0 Å². The largest absolute Gasteiger partial charge is 0.495 e. The molecule has 0 atom stereocenters. The van der Waals surface area contributed by atoms with Crippen molar-refractivity contribution in [1.29, 1.82) is 0 Å². The van der Waals surface area contributed by atoms with Crippen molar-refractivity contribution in [3.63, 3.8) is 0 Å². The van der Waals surface area contributed by atoms with Gasteiger partial charge < -0.3 is 9.47 Å². The molecule has 9 heteroatoms. The number of hydrogen-bond donors (Lipinski definition) is 0. The van der Waals surface area contributed by atoms with Crippen molar-refractivity contribution < 1.29 is 27.5 Å². The first-order valence-corrected chi connectivity index (χ1v) is 11.0. The highest BCUT2D eigenvalue weighted by Gasteiger charge is 2.31. The standard InChI is InChI=1S/C19H21NO6S2/c1-13-5-8-17(27-13)15(21)12-26-19(22)14-6-7-16(25-2)18(11-14)28(23,24)20-9-3-4-10-20/h5-8,11H,3-4,9-10,12H2,1-2H3. The molecule has 1 aliphatic rings. The molecule has 3 rings (SSSR count). The average molecular weight is 424 g/mol. The number of Topliss-reactive ketones (excluding diaryl/α,β-unsaturated/α-hetero) is 1. The highest BCUT2D eigenvalue weighted by Crippen LogP contribution is 2.30. The summed E-state index contributed by atoms with van der Waals surface area (Å²) < 4.78 is 37.4. The van der Waals surface area contributed by atoms with Gasteiger partial charge in [-0.25, -0.2) is 13.2 Å². The number of ketones is 1. The summed E-state index contributed by atoms with van der Waals surface area (Å²) in [5.74, 6) is -0.902. The first kappa shape index (κ1) is 20.5. The van der Waals surface area contributed by atoms with Crippen LogP contribution in [0.15, 0.2) is 35.2 Å². The van der Waals surface area contributed by atoms with E-state index in [-0.39, 0.29) is 22.0 Å².